The topological polar surface area (TPSA) is 75.6 Å². The fourth-order valence-electron chi connectivity index (χ4n) is 1.88. The number of anilines is 3. The Bertz CT molecular complexity index is 808. The lowest BCUT2D eigenvalue weighted by atomic mass is 10.2. The molecule has 8 heteroatoms. The van der Waals surface area contributed by atoms with Crippen LogP contribution in [0.4, 0.5) is 17.6 Å². The third kappa shape index (κ3) is 2.81. The molecular formula is C13H10Cl2N6. The fraction of sp³-hybridized carbons (Fsp3) is 0.0769. The molecule has 0 spiro atoms. The van der Waals surface area contributed by atoms with E-state index in [0.29, 0.717) is 16.9 Å². The molecule has 2 N–H and O–H groups in total. The van der Waals surface area contributed by atoms with Crippen LogP contribution in [0.25, 0.3) is 10.9 Å². The molecule has 0 fully saturated rings. The van der Waals surface area contributed by atoms with Gasteiger partial charge in [-0.25, -0.2) is 0 Å². The number of benzene rings is 1. The van der Waals surface area contributed by atoms with Gasteiger partial charge in [0.25, 0.3) is 0 Å². The molecule has 0 radical (unpaired) electrons. The van der Waals surface area contributed by atoms with E-state index in [2.05, 4.69) is 30.6 Å². The van der Waals surface area contributed by atoms with E-state index in [1.54, 1.807) is 19.3 Å². The molecule has 0 aliphatic rings. The summed E-state index contributed by atoms with van der Waals surface area (Å²) in [5, 5.41) is 7.48. The number of fused-ring (bicyclic) bond motifs is 1. The lowest BCUT2D eigenvalue weighted by Gasteiger charge is -2.09. The molecule has 1 aromatic carbocycles. The molecule has 0 atom stereocenters. The monoisotopic (exact) mass is 320 g/mol. The minimum absolute atomic E-state index is 0.100. The Hall–Kier alpha value is -2.18. The molecule has 0 aliphatic carbocycles. The van der Waals surface area contributed by atoms with Gasteiger partial charge in [0.05, 0.1) is 16.2 Å². The van der Waals surface area contributed by atoms with Crippen molar-refractivity contribution >= 4 is 51.7 Å². The summed E-state index contributed by atoms with van der Waals surface area (Å²) in [6.07, 6.45) is 1.70. The van der Waals surface area contributed by atoms with Gasteiger partial charge in [-0.3, -0.25) is 4.98 Å². The smallest absolute Gasteiger partial charge is 0.233 e. The first-order valence-electron chi connectivity index (χ1n) is 6.07. The van der Waals surface area contributed by atoms with Crippen molar-refractivity contribution in [1.82, 2.24) is 19.9 Å². The van der Waals surface area contributed by atoms with Crippen LogP contribution >= 0.6 is 23.2 Å². The zero-order chi connectivity index (χ0) is 14.8. The maximum Gasteiger partial charge on any atom is 0.233 e. The van der Waals surface area contributed by atoms with Crippen molar-refractivity contribution in [3.8, 4) is 0 Å². The van der Waals surface area contributed by atoms with Crippen LogP contribution in [0.3, 0.4) is 0 Å². The number of hydrogen-bond acceptors (Lipinski definition) is 6. The van der Waals surface area contributed by atoms with Gasteiger partial charge in [-0.1, -0.05) is 11.6 Å². The number of aromatic nitrogens is 4. The van der Waals surface area contributed by atoms with E-state index in [1.165, 1.54) is 0 Å². The SMILES string of the molecule is CNc1nc(Cl)nc(Nc2ccc(Cl)c3cccnc23)n1. The zero-order valence-corrected chi connectivity index (χ0v) is 12.4. The third-order valence-corrected chi connectivity index (χ3v) is 3.29. The first-order chi connectivity index (χ1) is 10.2. The van der Waals surface area contributed by atoms with E-state index in [4.69, 9.17) is 23.2 Å². The van der Waals surface area contributed by atoms with E-state index in [1.807, 2.05) is 18.2 Å². The first kappa shape index (κ1) is 13.8. The van der Waals surface area contributed by atoms with Gasteiger partial charge in [-0.05, 0) is 35.9 Å². The molecule has 0 saturated heterocycles. The van der Waals surface area contributed by atoms with Gasteiger partial charge in [0, 0.05) is 18.6 Å². The molecule has 0 unspecified atom stereocenters. The summed E-state index contributed by atoms with van der Waals surface area (Å²) in [7, 11) is 1.70. The number of nitrogens with one attached hydrogen (secondary N) is 2. The maximum absolute atomic E-state index is 6.16. The molecule has 21 heavy (non-hydrogen) atoms. The van der Waals surface area contributed by atoms with Gasteiger partial charge in [0.2, 0.25) is 17.2 Å². The number of hydrogen-bond donors (Lipinski definition) is 2. The van der Waals surface area contributed by atoms with Crippen LogP contribution in [0.1, 0.15) is 0 Å². The highest BCUT2D eigenvalue weighted by Crippen LogP contribution is 2.29. The third-order valence-electron chi connectivity index (χ3n) is 2.79. The summed E-state index contributed by atoms with van der Waals surface area (Å²) in [5.41, 5.74) is 1.46. The van der Waals surface area contributed by atoms with Gasteiger partial charge in [-0.2, -0.15) is 15.0 Å². The first-order valence-corrected chi connectivity index (χ1v) is 6.82. The molecule has 0 saturated carbocycles. The van der Waals surface area contributed by atoms with Crippen LogP contribution in [-0.4, -0.2) is 27.0 Å². The van der Waals surface area contributed by atoms with E-state index in [0.717, 1.165) is 16.6 Å². The Balaban J connectivity index is 2.06. The van der Waals surface area contributed by atoms with Crippen molar-refractivity contribution in [2.24, 2.45) is 0 Å². The van der Waals surface area contributed by atoms with Crippen molar-refractivity contribution in [2.75, 3.05) is 17.7 Å². The standard InChI is InChI=1S/C13H10Cl2N6/c1-16-12-19-11(15)20-13(21-12)18-9-5-4-8(14)7-3-2-6-17-10(7)9/h2-6H,1H3,(H2,16,18,19,20,21). The van der Waals surface area contributed by atoms with Crippen molar-refractivity contribution in [1.29, 1.82) is 0 Å². The van der Waals surface area contributed by atoms with Crippen molar-refractivity contribution in [2.45, 2.75) is 0 Å². The lowest BCUT2D eigenvalue weighted by molar-refractivity contribution is 1.05. The summed E-state index contributed by atoms with van der Waals surface area (Å²) in [5.74, 6) is 0.706. The molecule has 0 aliphatic heterocycles. The Kier molecular flexibility index (Phi) is 3.72. The van der Waals surface area contributed by atoms with Gasteiger partial charge in [0.1, 0.15) is 0 Å². The second-order valence-corrected chi connectivity index (χ2v) is 4.87. The van der Waals surface area contributed by atoms with Crippen molar-refractivity contribution < 1.29 is 0 Å². The predicted molar refractivity (Wildman–Crippen MR) is 84.4 cm³/mol. The molecule has 0 amide bonds. The summed E-state index contributed by atoms with van der Waals surface area (Å²) < 4.78 is 0. The molecule has 3 rings (SSSR count). The summed E-state index contributed by atoms with van der Waals surface area (Å²) >= 11 is 12.0. The fourth-order valence-corrected chi connectivity index (χ4v) is 2.25. The largest absolute Gasteiger partial charge is 0.357 e. The molecule has 6 nitrogen and oxygen atoms in total. The van der Waals surface area contributed by atoms with E-state index < -0.39 is 0 Å². The average molecular weight is 321 g/mol. The van der Waals surface area contributed by atoms with Gasteiger partial charge in [-0.15, -0.1) is 0 Å². The molecule has 0 bridgehead atoms. The lowest BCUT2D eigenvalue weighted by Crippen LogP contribution is -2.04. The van der Waals surface area contributed by atoms with E-state index in [9.17, 15) is 0 Å². The van der Waals surface area contributed by atoms with Crippen molar-refractivity contribution in [3.63, 3.8) is 0 Å². The highest BCUT2D eigenvalue weighted by Gasteiger charge is 2.09. The van der Waals surface area contributed by atoms with Crippen LogP contribution in [-0.2, 0) is 0 Å². The van der Waals surface area contributed by atoms with Crippen LogP contribution in [0, 0.1) is 0 Å². The van der Waals surface area contributed by atoms with Crippen LogP contribution in [0.5, 0.6) is 0 Å². The van der Waals surface area contributed by atoms with Crippen LogP contribution < -0.4 is 10.6 Å². The molecule has 106 valence electrons. The number of halogens is 2. The Morgan fingerprint density at radius 2 is 1.81 bits per heavy atom. The Morgan fingerprint density at radius 1 is 1.00 bits per heavy atom. The molecular weight excluding hydrogens is 311 g/mol. The maximum atomic E-state index is 6.16. The zero-order valence-electron chi connectivity index (χ0n) is 10.9. The van der Waals surface area contributed by atoms with E-state index in [-0.39, 0.29) is 5.28 Å². The molecule has 3 aromatic rings. The normalized spacial score (nSPS) is 10.6. The summed E-state index contributed by atoms with van der Waals surface area (Å²) in [6, 6.07) is 7.33. The second-order valence-electron chi connectivity index (χ2n) is 4.12. The average Bonchev–Trinajstić information content (AvgIpc) is 2.50. The number of rotatable bonds is 3. The summed E-state index contributed by atoms with van der Waals surface area (Å²) in [4.78, 5) is 16.5. The highest BCUT2D eigenvalue weighted by molar-refractivity contribution is 6.35. The molecule has 2 aromatic heterocycles. The molecule has 2 heterocycles. The number of nitrogens with zero attached hydrogens (tertiary/aromatic N) is 4. The highest BCUT2D eigenvalue weighted by atomic mass is 35.5. The van der Waals surface area contributed by atoms with Crippen molar-refractivity contribution in [3.05, 3.63) is 40.8 Å². The quantitative estimate of drug-likeness (QED) is 0.769. The minimum atomic E-state index is 0.100. The summed E-state index contributed by atoms with van der Waals surface area (Å²) in [6.45, 7) is 0. The number of pyridine rings is 1. The Morgan fingerprint density at radius 3 is 2.62 bits per heavy atom. The minimum Gasteiger partial charge on any atom is -0.357 e. The Labute approximate surface area is 130 Å². The second kappa shape index (κ2) is 5.67. The van der Waals surface area contributed by atoms with Gasteiger partial charge < -0.3 is 10.6 Å². The van der Waals surface area contributed by atoms with E-state index >= 15 is 0 Å². The van der Waals surface area contributed by atoms with Gasteiger partial charge in [0.15, 0.2) is 0 Å². The van der Waals surface area contributed by atoms with Crippen LogP contribution in [0.2, 0.25) is 10.3 Å². The predicted octanol–water partition coefficient (Wildman–Crippen LogP) is 3.51. The van der Waals surface area contributed by atoms with Gasteiger partial charge >= 0.3 is 0 Å². The van der Waals surface area contributed by atoms with Crippen LogP contribution in [0.15, 0.2) is 30.5 Å².